The number of nitrogens with one attached hydrogen (secondary N) is 1. The van der Waals surface area contributed by atoms with Crippen molar-refractivity contribution in [2.45, 2.75) is 19.8 Å². The highest BCUT2D eigenvalue weighted by molar-refractivity contribution is 6.01. The van der Waals surface area contributed by atoms with E-state index in [1.165, 1.54) is 6.08 Å². The number of benzene rings is 2. The van der Waals surface area contributed by atoms with Crippen LogP contribution in [0.2, 0.25) is 0 Å². The van der Waals surface area contributed by atoms with Crippen LogP contribution in [0.25, 0.3) is 6.08 Å². The highest BCUT2D eigenvalue weighted by Gasteiger charge is 2.09. The smallest absolute Gasteiger partial charge is 0.349 e. The van der Waals surface area contributed by atoms with Crippen molar-refractivity contribution in [3.05, 3.63) is 59.7 Å². The number of amides is 1. The Kier molecular flexibility index (Phi) is 8.94. The summed E-state index contributed by atoms with van der Waals surface area (Å²) in [4.78, 5) is 24.0. The second kappa shape index (κ2) is 11.9. The van der Waals surface area contributed by atoms with Gasteiger partial charge in [-0.05, 0) is 42.3 Å². The molecule has 0 atom stereocenters. The Hall–Kier alpha value is -3.79. The first-order valence-corrected chi connectivity index (χ1v) is 9.53. The van der Waals surface area contributed by atoms with Gasteiger partial charge >= 0.3 is 5.97 Å². The third-order valence-corrected chi connectivity index (χ3v) is 4.00. The number of nitriles is 1. The molecule has 0 heterocycles. The van der Waals surface area contributed by atoms with Crippen molar-refractivity contribution in [2.24, 2.45) is 0 Å². The average Bonchev–Trinajstić information content (AvgIpc) is 2.77. The quantitative estimate of drug-likeness (QED) is 0.212. The van der Waals surface area contributed by atoms with Crippen molar-refractivity contribution in [2.75, 3.05) is 20.3 Å². The molecule has 0 saturated heterocycles. The molecule has 156 valence electrons. The number of hydrogen-bond donors (Lipinski definition) is 1. The summed E-state index contributed by atoms with van der Waals surface area (Å²) in [5, 5.41) is 11.9. The Balaban J connectivity index is 1.90. The van der Waals surface area contributed by atoms with E-state index in [1.54, 1.807) is 55.6 Å². The number of unbranched alkanes of at least 4 members (excludes halogenated alkanes) is 1. The van der Waals surface area contributed by atoms with Gasteiger partial charge in [0.1, 0.15) is 28.9 Å². The van der Waals surface area contributed by atoms with Crippen LogP contribution in [-0.4, -0.2) is 32.1 Å². The third kappa shape index (κ3) is 7.32. The zero-order chi connectivity index (χ0) is 21.8. The van der Waals surface area contributed by atoms with Crippen molar-refractivity contribution < 1.29 is 23.8 Å². The molecule has 0 aromatic heterocycles. The van der Waals surface area contributed by atoms with E-state index in [-0.39, 0.29) is 12.2 Å². The number of methoxy groups -OCH3 is 1. The molecule has 0 aliphatic heterocycles. The van der Waals surface area contributed by atoms with Gasteiger partial charge in [0.25, 0.3) is 5.91 Å². The molecule has 30 heavy (non-hydrogen) atoms. The zero-order valence-electron chi connectivity index (χ0n) is 17.0. The molecule has 0 saturated carbocycles. The first kappa shape index (κ1) is 22.5. The minimum Gasteiger partial charge on any atom is -0.497 e. The van der Waals surface area contributed by atoms with E-state index in [9.17, 15) is 14.9 Å². The van der Waals surface area contributed by atoms with E-state index in [2.05, 4.69) is 5.32 Å². The Morgan fingerprint density at radius 1 is 1.10 bits per heavy atom. The summed E-state index contributed by atoms with van der Waals surface area (Å²) in [5.74, 6) is 0.482. The number of ether oxygens (including phenoxy) is 3. The van der Waals surface area contributed by atoms with Gasteiger partial charge in [-0.15, -0.1) is 0 Å². The summed E-state index contributed by atoms with van der Waals surface area (Å²) in [5.41, 5.74) is 0.659. The van der Waals surface area contributed by atoms with E-state index >= 15 is 0 Å². The monoisotopic (exact) mass is 408 g/mol. The summed E-state index contributed by atoms with van der Waals surface area (Å²) in [6.45, 7) is 2.29. The molecule has 7 heteroatoms. The lowest BCUT2D eigenvalue weighted by Gasteiger charge is -2.08. The average molecular weight is 408 g/mol. The summed E-state index contributed by atoms with van der Waals surface area (Å²) in [6.07, 6.45) is 3.29. The first-order chi connectivity index (χ1) is 14.5. The van der Waals surface area contributed by atoms with Gasteiger partial charge in [-0.3, -0.25) is 4.79 Å². The van der Waals surface area contributed by atoms with E-state index in [0.717, 1.165) is 12.8 Å². The molecule has 0 unspecified atom stereocenters. The SMILES string of the molecule is CCCCNC(=O)/C(C#N)=C/c1ccc(OC(=O)COc2cccc(OC)c2)cc1. The highest BCUT2D eigenvalue weighted by atomic mass is 16.6. The normalized spacial score (nSPS) is 10.6. The predicted octanol–water partition coefficient (Wildman–Crippen LogP) is 3.50. The molecule has 0 fully saturated rings. The summed E-state index contributed by atoms with van der Waals surface area (Å²) >= 11 is 0. The number of rotatable bonds is 10. The third-order valence-electron chi connectivity index (χ3n) is 4.00. The fourth-order valence-electron chi connectivity index (χ4n) is 2.42. The topological polar surface area (TPSA) is 97.7 Å². The summed E-state index contributed by atoms with van der Waals surface area (Å²) in [6, 6.07) is 15.3. The van der Waals surface area contributed by atoms with Gasteiger partial charge < -0.3 is 19.5 Å². The van der Waals surface area contributed by atoms with Crippen molar-refractivity contribution in [3.8, 4) is 23.3 Å². The van der Waals surface area contributed by atoms with Crippen molar-refractivity contribution >= 4 is 18.0 Å². The molecular weight excluding hydrogens is 384 g/mol. The minimum atomic E-state index is -0.561. The molecule has 0 radical (unpaired) electrons. The largest absolute Gasteiger partial charge is 0.497 e. The Morgan fingerprint density at radius 2 is 1.83 bits per heavy atom. The van der Waals surface area contributed by atoms with Crippen LogP contribution in [0.1, 0.15) is 25.3 Å². The molecule has 0 bridgehead atoms. The van der Waals surface area contributed by atoms with Crippen LogP contribution >= 0.6 is 0 Å². The maximum absolute atomic E-state index is 12.0. The molecule has 2 rings (SSSR count). The molecular formula is C23H24N2O5. The number of carbonyl (C=O) groups excluding carboxylic acids is 2. The van der Waals surface area contributed by atoms with Gasteiger partial charge in [-0.1, -0.05) is 31.5 Å². The molecule has 0 aliphatic rings. The van der Waals surface area contributed by atoms with Gasteiger partial charge in [0.2, 0.25) is 0 Å². The lowest BCUT2D eigenvalue weighted by atomic mass is 10.1. The van der Waals surface area contributed by atoms with Crippen LogP contribution in [0.15, 0.2) is 54.1 Å². The van der Waals surface area contributed by atoms with Gasteiger partial charge in [-0.25, -0.2) is 4.79 Å². The van der Waals surface area contributed by atoms with Gasteiger partial charge in [0.05, 0.1) is 7.11 Å². The van der Waals surface area contributed by atoms with Crippen LogP contribution in [0.4, 0.5) is 0 Å². The predicted molar refractivity (Wildman–Crippen MR) is 112 cm³/mol. The fourth-order valence-corrected chi connectivity index (χ4v) is 2.42. The molecule has 7 nitrogen and oxygen atoms in total. The van der Waals surface area contributed by atoms with Crippen molar-refractivity contribution in [1.82, 2.24) is 5.32 Å². The van der Waals surface area contributed by atoms with Gasteiger partial charge in [-0.2, -0.15) is 5.26 Å². The number of nitrogens with zero attached hydrogens (tertiary/aromatic N) is 1. The second-order valence-corrected chi connectivity index (χ2v) is 6.29. The maximum Gasteiger partial charge on any atom is 0.349 e. The van der Waals surface area contributed by atoms with Gasteiger partial charge in [0, 0.05) is 12.6 Å². The molecule has 1 N–H and O–H groups in total. The first-order valence-electron chi connectivity index (χ1n) is 9.53. The number of hydrogen-bond acceptors (Lipinski definition) is 6. The highest BCUT2D eigenvalue weighted by Crippen LogP contribution is 2.19. The number of carbonyl (C=O) groups is 2. The Morgan fingerprint density at radius 3 is 2.50 bits per heavy atom. The molecule has 2 aromatic carbocycles. The molecule has 1 amide bonds. The van der Waals surface area contributed by atoms with Crippen molar-refractivity contribution in [3.63, 3.8) is 0 Å². The van der Waals surface area contributed by atoms with Crippen LogP contribution in [-0.2, 0) is 9.59 Å². The van der Waals surface area contributed by atoms with Crippen LogP contribution in [0.3, 0.4) is 0 Å². The van der Waals surface area contributed by atoms with Crippen molar-refractivity contribution in [1.29, 1.82) is 5.26 Å². The van der Waals surface area contributed by atoms with Crippen LogP contribution in [0, 0.1) is 11.3 Å². The van der Waals surface area contributed by atoms with Crippen LogP contribution in [0.5, 0.6) is 17.2 Å². The maximum atomic E-state index is 12.0. The summed E-state index contributed by atoms with van der Waals surface area (Å²) < 4.78 is 15.7. The van der Waals surface area contributed by atoms with Gasteiger partial charge in [0.15, 0.2) is 6.61 Å². The Labute approximate surface area is 175 Å². The lowest BCUT2D eigenvalue weighted by Crippen LogP contribution is -2.25. The fraction of sp³-hybridized carbons (Fsp3) is 0.261. The summed E-state index contributed by atoms with van der Waals surface area (Å²) in [7, 11) is 1.55. The molecule has 0 spiro atoms. The standard InChI is InChI=1S/C23H24N2O5/c1-3-4-12-25-23(27)18(15-24)13-17-8-10-19(11-9-17)30-22(26)16-29-21-7-5-6-20(14-21)28-2/h5-11,13-14H,3-4,12,16H2,1-2H3,(H,25,27)/b18-13+. The second-order valence-electron chi connectivity index (χ2n) is 6.29. The van der Waals surface area contributed by atoms with E-state index in [1.807, 2.05) is 13.0 Å². The zero-order valence-corrected chi connectivity index (χ0v) is 17.0. The van der Waals surface area contributed by atoms with E-state index < -0.39 is 11.9 Å². The van der Waals surface area contributed by atoms with E-state index in [4.69, 9.17) is 14.2 Å². The molecule has 2 aromatic rings. The minimum absolute atomic E-state index is 0.0162. The Bertz CT molecular complexity index is 929. The molecule has 0 aliphatic carbocycles. The number of esters is 1. The van der Waals surface area contributed by atoms with E-state index in [0.29, 0.717) is 29.4 Å². The lowest BCUT2D eigenvalue weighted by molar-refractivity contribution is -0.136. The van der Waals surface area contributed by atoms with Crippen LogP contribution < -0.4 is 19.5 Å².